The molecule has 0 bridgehead atoms. The molecule has 0 radical (unpaired) electrons. The van der Waals surface area contributed by atoms with E-state index in [1.807, 2.05) is 113 Å². The summed E-state index contributed by atoms with van der Waals surface area (Å²) >= 11 is 0. The molecule has 5 aromatic rings. The molecular formula is C45H63N9O5S. The first kappa shape index (κ1) is 46.0. The topological polar surface area (TPSA) is 180 Å². The number of nitrogens with zero attached hydrogens (tertiary/aromatic N) is 4. The number of likely N-dealkylation sites (tertiary alicyclic amines) is 1. The van der Waals surface area contributed by atoms with E-state index in [-0.39, 0.29) is 24.1 Å². The lowest BCUT2D eigenvalue weighted by molar-refractivity contribution is -0.159. The van der Waals surface area contributed by atoms with Gasteiger partial charge >= 0.3 is 0 Å². The van der Waals surface area contributed by atoms with Crippen LogP contribution >= 0.6 is 0 Å². The Labute approximate surface area is 354 Å². The lowest BCUT2D eigenvalue weighted by atomic mass is 9.74. The summed E-state index contributed by atoms with van der Waals surface area (Å²) < 4.78 is 25.6. The van der Waals surface area contributed by atoms with Crippen LogP contribution in [0.1, 0.15) is 48.9 Å². The quantitative estimate of drug-likeness (QED) is 0.0981. The molecule has 60 heavy (non-hydrogen) atoms. The summed E-state index contributed by atoms with van der Waals surface area (Å²) in [7, 11) is 7.72. The predicted octanol–water partition coefficient (Wildman–Crippen LogP) is 4.04. The lowest BCUT2D eigenvalue weighted by Crippen LogP contribution is -2.61. The van der Waals surface area contributed by atoms with Crippen LogP contribution in [0.2, 0.25) is 0 Å². The summed E-state index contributed by atoms with van der Waals surface area (Å²) in [6.45, 7) is 4.99. The van der Waals surface area contributed by atoms with Crippen LogP contribution in [0.15, 0.2) is 85.2 Å². The molecule has 1 aliphatic heterocycles. The fourth-order valence-electron chi connectivity index (χ4n) is 7.67. The Balaban J connectivity index is 0.000000285. The molecule has 1 fully saturated rings. The van der Waals surface area contributed by atoms with Gasteiger partial charge in [-0.1, -0.05) is 54.6 Å². The molecule has 2 aromatic heterocycles. The Morgan fingerprint density at radius 3 is 2.18 bits per heavy atom. The number of hydrazine groups is 1. The van der Waals surface area contributed by atoms with Crippen LogP contribution in [0.25, 0.3) is 21.8 Å². The average molecular weight is 842 g/mol. The molecule has 15 heteroatoms. The first-order valence-electron chi connectivity index (χ1n) is 20.4. The second-order valence-corrected chi connectivity index (χ2v) is 18.9. The number of aromatic nitrogens is 2. The molecule has 0 unspecified atom stereocenters. The van der Waals surface area contributed by atoms with Crippen molar-refractivity contribution in [3.05, 3.63) is 107 Å². The van der Waals surface area contributed by atoms with Crippen molar-refractivity contribution in [1.82, 2.24) is 39.8 Å². The molecule has 6 rings (SSSR count). The Kier molecular flexibility index (Phi) is 15.0. The maximum Gasteiger partial charge on any atom is 0.245 e. The zero-order valence-electron chi connectivity index (χ0n) is 36.3. The van der Waals surface area contributed by atoms with Gasteiger partial charge in [-0.05, 0) is 101 Å². The SMILES string of the molecule is CN(C)N(C)C(=O)[C@@]1(Cc2ccccc2)CCCN(C(=O)[C@@H](Cc2c[nH]c3ccccc23)NC(=O)C(C)(C)N)C1.CNS(=O)(=O)Cc1ccc2[nH]cc(CCN(C)C)c2c1. The van der Waals surface area contributed by atoms with Gasteiger partial charge in [-0.25, -0.2) is 18.1 Å². The highest BCUT2D eigenvalue weighted by molar-refractivity contribution is 7.88. The number of H-pyrrole nitrogens is 2. The number of carbonyl (C=O) groups is 3. The van der Waals surface area contributed by atoms with Gasteiger partial charge in [0.05, 0.1) is 16.7 Å². The second-order valence-electron chi connectivity index (χ2n) is 17.0. The number of piperidine rings is 1. The third-order valence-electron chi connectivity index (χ3n) is 11.2. The van der Waals surface area contributed by atoms with Gasteiger partial charge in [0.1, 0.15) is 6.04 Å². The fraction of sp³-hybridized carbons (Fsp3) is 0.444. The van der Waals surface area contributed by atoms with E-state index in [0.717, 1.165) is 51.5 Å². The number of nitrogens with one attached hydrogen (secondary N) is 4. The number of nitrogens with two attached hydrogens (primary N) is 1. The highest BCUT2D eigenvalue weighted by atomic mass is 32.2. The molecule has 3 amide bonds. The number of hydrogen-bond donors (Lipinski definition) is 5. The number of hydrogen-bond acceptors (Lipinski definition) is 8. The van der Waals surface area contributed by atoms with E-state index in [1.54, 1.807) is 35.8 Å². The molecule has 0 spiro atoms. The summed E-state index contributed by atoms with van der Waals surface area (Å²) in [4.78, 5) is 51.6. The van der Waals surface area contributed by atoms with Crippen molar-refractivity contribution in [3.8, 4) is 0 Å². The van der Waals surface area contributed by atoms with Crippen LogP contribution < -0.4 is 15.8 Å². The number of amides is 3. The fourth-order valence-corrected chi connectivity index (χ4v) is 8.43. The van der Waals surface area contributed by atoms with E-state index in [4.69, 9.17) is 5.73 Å². The first-order chi connectivity index (χ1) is 28.3. The summed E-state index contributed by atoms with van der Waals surface area (Å²) in [6.07, 6.45) is 7.00. The monoisotopic (exact) mass is 841 g/mol. The number of benzene rings is 3. The second kappa shape index (κ2) is 19.5. The average Bonchev–Trinajstić information content (AvgIpc) is 3.82. The maximum absolute atomic E-state index is 14.2. The zero-order chi connectivity index (χ0) is 43.8. The minimum atomic E-state index is -3.23. The van der Waals surface area contributed by atoms with E-state index in [1.165, 1.54) is 12.6 Å². The van der Waals surface area contributed by atoms with Gasteiger partial charge in [-0.2, -0.15) is 0 Å². The molecule has 2 atom stereocenters. The molecule has 14 nitrogen and oxygen atoms in total. The minimum Gasteiger partial charge on any atom is -0.361 e. The van der Waals surface area contributed by atoms with Crippen molar-refractivity contribution < 1.29 is 22.8 Å². The van der Waals surface area contributed by atoms with E-state index < -0.39 is 32.9 Å². The minimum absolute atomic E-state index is 0.0116. The van der Waals surface area contributed by atoms with Crippen molar-refractivity contribution in [1.29, 1.82) is 0 Å². The molecule has 324 valence electrons. The van der Waals surface area contributed by atoms with Crippen LogP contribution in [0.5, 0.6) is 0 Å². The molecule has 3 heterocycles. The smallest absolute Gasteiger partial charge is 0.245 e. The van der Waals surface area contributed by atoms with Gasteiger partial charge in [-0.3, -0.25) is 19.4 Å². The Morgan fingerprint density at radius 2 is 1.53 bits per heavy atom. The molecule has 1 aliphatic rings. The third-order valence-corrected chi connectivity index (χ3v) is 12.6. The molecule has 0 aliphatic carbocycles. The number of aromatic amines is 2. The van der Waals surface area contributed by atoms with Gasteiger partial charge in [0.25, 0.3) is 0 Å². The molecule has 0 saturated carbocycles. The first-order valence-corrected chi connectivity index (χ1v) is 22.1. The highest BCUT2D eigenvalue weighted by Crippen LogP contribution is 2.36. The number of rotatable bonds is 15. The Bertz CT molecular complexity index is 2350. The number of carbonyl (C=O) groups excluding carboxylic acids is 3. The number of fused-ring (bicyclic) bond motifs is 2. The van der Waals surface area contributed by atoms with Crippen molar-refractivity contribution >= 4 is 49.6 Å². The maximum atomic E-state index is 14.2. The Morgan fingerprint density at radius 1 is 0.883 bits per heavy atom. The standard InChI is InChI=1S/C31H42N6O3.C14H21N3O2S/c1-30(2,32)28(39)34-26(18-23-20-33-25-15-10-9-14-24(23)25)27(38)37-17-11-16-31(21-37,29(40)36(5)35(3)4)19-22-12-7-6-8-13-22;1-15-20(18,19)10-11-4-5-14-13(8-11)12(9-16-14)6-7-17(2)3/h6-10,12-15,20,26,33H,11,16-19,21,32H2,1-5H3,(H,34,39);4-5,8-9,15-16H,6-7,10H2,1-3H3/t26-,31-;/m1./s1. The van der Waals surface area contributed by atoms with Crippen molar-refractivity contribution in [2.75, 3.05) is 61.9 Å². The van der Waals surface area contributed by atoms with Crippen LogP contribution in [0.4, 0.5) is 0 Å². The summed E-state index contributed by atoms with van der Waals surface area (Å²) in [5, 5.41) is 8.43. The van der Waals surface area contributed by atoms with Crippen LogP contribution in [0, 0.1) is 5.41 Å². The molecule has 6 N–H and O–H groups in total. The van der Waals surface area contributed by atoms with Crippen LogP contribution in [-0.2, 0) is 49.4 Å². The van der Waals surface area contributed by atoms with Gasteiger partial charge < -0.3 is 30.8 Å². The summed E-state index contributed by atoms with van der Waals surface area (Å²) in [5.41, 5.74) is 10.2. The molecular weight excluding hydrogens is 779 g/mol. The van der Waals surface area contributed by atoms with Crippen molar-refractivity contribution in [2.45, 2.75) is 63.3 Å². The number of sulfonamides is 1. The van der Waals surface area contributed by atoms with Crippen molar-refractivity contribution in [3.63, 3.8) is 0 Å². The lowest BCUT2D eigenvalue weighted by Gasteiger charge is -2.45. The summed E-state index contributed by atoms with van der Waals surface area (Å²) in [6, 6.07) is 22.7. The Hall–Kier alpha value is -5.06. The van der Waals surface area contributed by atoms with E-state index in [0.29, 0.717) is 32.2 Å². The highest BCUT2D eigenvalue weighted by Gasteiger charge is 2.46. The van der Waals surface area contributed by atoms with Crippen molar-refractivity contribution in [2.24, 2.45) is 11.1 Å². The van der Waals surface area contributed by atoms with Gasteiger partial charge in [0, 0.05) is 81.4 Å². The normalized spacial score (nSPS) is 16.5. The van der Waals surface area contributed by atoms with Gasteiger partial charge in [-0.15, -0.1) is 0 Å². The van der Waals surface area contributed by atoms with Gasteiger partial charge in [0.15, 0.2) is 0 Å². The summed E-state index contributed by atoms with van der Waals surface area (Å²) in [5.74, 6) is -0.626. The predicted molar refractivity (Wildman–Crippen MR) is 239 cm³/mol. The largest absolute Gasteiger partial charge is 0.361 e. The van der Waals surface area contributed by atoms with E-state index >= 15 is 0 Å². The van der Waals surface area contributed by atoms with Crippen LogP contribution in [-0.4, -0.2) is 129 Å². The number of likely N-dealkylation sites (N-methyl/N-ethyl adjacent to an activating group) is 1. The van der Waals surface area contributed by atoms with E-state index in [9.17, 15) is 22.8 Å². The van der Waals surface area contributed by atoms with E-state index in [2.05, 4.69) is 24.9 Å². The zero-order valence-corrected chi connectivity index (χ0v) is 37.2. The van der Waals surface area contributed by atoms with Gasteiger partial charge in [0.2, 0.25) is 27.7 Å². The van der Waals surface area contributed by atoms with Crippen LogP contribution in [0.3, 0.4) is 0 Å². The number of para-hydroxylation sites is 1. The molecule has 1 saturated heterocycles. The third kappa shape index (κ3) is 11.6. The molecule has 3 aromatic carbocycles.